The molecule has 5 nitrogen and oxygen atoms in total. The molecule has 0 atom stereocenters. The number of rotatable bonds is 5. The largest absolute Gasteiger partial charge is 0.489 e. The molecular formula is C14H15ClFN3O2. The number of anilines is 2. The molecule has 0 saturated carbocycles. The van der Waals surface area contributed by atoms with Gasteiger partial charge in [-0.15, -0.1) is 0 Å². The van der Waals surface area contributed by atoms with E-state index in [1.807, 2.05) is 13.8 Å². The Hall–Kier alpha value is -2.08. The maximum Gasteiger partial charge on any atom is 0.262 e. The zero-order chi connectivity index (χ0) is 15.4. The Balaban J connectivity index is 2.40. The van der Waals surface area contributed by atoms with E-state index in [0.29, 0.717) is 0 Å². The second kappa shape index (κ2) is 6.58. The van der Waals surface area contributed by atoms with Gasteiger partial charge in [0.25, 0.3) is 5.88 Å². The lowest BCUT2D eigenvalue weighted by atomic mass is 10.3. The van der Waals surface area contributed by atoms with Crippen LogP contribution >= 0.6 is 11.6 Å². The van der Waals surface area contributed by atoms with E-state index in [0.717, 1.165) is 0 Å². The number of methoxy groups -OCH3 is 1. The van der Waals surface area contributed by atoms with Crippen LogP contribution in [0.5, 0.6) is 11.6 Å². The van der Waals surface area contributed by atoms with E-state index in [4.69, 9.17) is 21.1 Å². The van der Waals surface area contributed by atoms with Crippen molar-refractivity contribution < 1.29 is 13.9 Å². The topological polar surface area (TPSA) is 56.3 Å². The van der Waals surface area contributed by atoms with Crippen LogP contribution in [0.15, 0.2) is 24.5 Å². The van der Waals surface area contributed by atoms with Gasteiger partial charge in [0, 0.05) is 0 Å². The molecule has 7 heteroatoms. The van der Waals surface area contributed by atoms with Crippen molar-refractivity contribution in [3.05, 3.63) is 35.4 Å². The van der Waals surface area contributed by atoms with Gasteiger partial charge in [0.1, 0.15) is 12.1 Å². The molecule has 1 heterocycles. The van der Waals surface area contributed by atoms with Crippen molar-refractivity contribution in [3.8, 4) is 11.6 Å². The molecule has 112 valence electrons. The van der Waals surface area contributed by atoms with E-state index < -0.39 is 5.82 Å². The summed E-state index contributed by atoms with van der Waals surface area (Å²) in [6.45, 7) is 3.73. The summed E-state index contributed by atoms with van der Waals surface area (Å²) in [5.41, 5.74) is 0.117. The standard InChI is InChI=1S/C14H15ClFN3O2/c1-8(2)21-14-12(20-3)13(17-7-18-14)19-11-9(15)5-4-6-10(11)16/h4-8H,1-3H3,(H,17,18,19). The second-order valence-corrected chi connectivity index (χ2v) is 4.86. The van der Waals surface area contributed by atoms with Gasteiger partial charge in [0.2, 0.25) is 5.75 Å². The third kappa shape index (κ3) is 3.52. The number of nitrogens with one attached hydrogen (secondary N) is 1. The zero-order valence-electron chi connectivity index (χ0n) is 11.9. The first kappa shape index (κ1) is 15.3. The quantitative estimate of drug-likeness (QED) is 0.910. The number of benzene rings is 1. The highest BCUT2D eigenvalue weighted by molar-refractivity contribution is 6.33. The van der Waals surface area contributed by atoms with Crippen LogP contribution in [0.2, 0.25) is 5.02 Å². The van der Waals surface area contributed by atoms with Crippen LogP contribution in [0.1, 0.15) is 13.8 Å². The minimum absolute atomic E-state index is 0.0845. The maximum absolute atomic E-state index is 13.8. The van der Waals surface area contributed by atoms with Gasteiger partial charge in [-0.25, -0.2) is 9.37 Å². The molecule has 0 aliphatic heterocycles. The summed E-state index contributed by atoms with van der Waals surface area (Å²) in [6, 6.07) is 4.40. The fourth-order valence-corrected chi connectivity index (χ4v) is 1.88. The maximum atomic E-state index is 13.8. The number of nitrogens with zero attached hydrogens (tertiary/aromatic N) is 2. The van der Waals surface area contributed by atoms with Crippen LogP contribution in [0.25, 0.3) is 0 Å². The van der Waals surface area contributed by atoms with Crippen molar-refractivity contribution >= 4 is 23.1 Å². The molecule has 0 saturated heterocycles. The number of halogens is 2. The Kier molecular flexibility index (Phi) is 4.80. The Labute approximate surface area is 127 Å². The van der Waals surface area contributed by atoms with E-state index in [1.165, 1.54) is 25.6 Å². The first-order valence-corrected chi connectivity index (χ1v) is 6.67. The Morgan fingerprint density at radius 2 is 2.05 bits per heavy atom. The van der Waals surface area contributed by atoms with Crippen molar-refractivity contribution in [2.45, 2.75) is 20.0 Å². The van der Waals surface area contributed by atoms with Gasteiger partial charge in [-0.05, 0) is 26.0 Å². The summed E-state index contributed by atoms with van der Waals surface area (Å²) >= 11 is 5.98. The Bertz CT molecular complexity index is 617. The average molecular weight is 312 g/mol. The highest BCUT2D eigenvalue weighted by atomic mass is 35.5. The minimum atomic E-state index is -0.491. The number of aromatic nitrogens is 2. The number of hydrogen-bond acceptors (Lipinski definition) is 5. The summed E-state index contributed by atoms with van der Waals surface area (Å²) in [7, 11) is 1.46. The first-order chi connectivity index (χ1) is 10.0. The van der Waals surface area contributed by atoms with Gasteiger partial charge in [-0.2, -0.15) is 4.98 Å². The summed E-state index contributed by atoms with van der Waals surface area (Å²) in [6.07, 6.45) is 1.22. The molecule has 1 aromatic heterocycles. The van der Waals surface area contributed by atoms with Gasteiger partial charge in [-0.3, -0.25) is 0 Å². The minimum Gasteiger partial charge on any atom is -0.489 e. The van der Waals surface area contributed by atoms with Crippen molar-refractivity contribution in [2.24, 2.45) is 0 Å². The third-order valence-corrected chi connectivity index (χ3v) is 2.84. The summed E-state index contributed by atoms with van der Waals surface area (Å²) in [5.74, 6) is 0.340. The van der Waals surface area contributed by atoms with Crippen molar-refractivity contribution in [3.63, 3.8) is 0 Å². The van der Waals surface area contributed by atoms with E-state index in [-0.39, 0.29) is 34.3 Å². The molecule has 0 bridgehead atoms. The monoisotopic (exact) mass is 311 g/mol. The highest BCUT2D eigenvalue weighted by Crippen LogP contribution is 2.36. The lowest BCUT2D eigenvalue weighted by Crippen LogP contribution is -2.10. The number of para-hydroxylation sites is 1. The number of ether oxygens (including phenoxy) is 2. The van der Waals surface area contributed by atoms with Crippen molar-refractivity contribution in [1.82, 2.24) is 9.97 Å². The number of hydrogen-bond donors (Lipinski definition) is 1. The molecule has 1 aromatic carbocycles. The first-order valence-electron chi connectivity index (χ1n) is 6.29. The van der Waals surface area contributed by atoms with E-state index in [9.17, 15) is 4.39 Å². The fourth-order valence-electron chi connectivity index (χ4n) is 1.67. The van der Waals surface area contributed by atoms with Crippen molar-refractivity contribution in [2.75, 3.05) is 12.4 Å². The SMILES string of the molecule is COc1c(Nc2c(F)cccc2Cl)ncnc1OC(C)C. The molecule has 0 spiro atoms. The zero-order valence-corrected chi connectivity index (χ0v) is 12.6. The van der Waals surface area contributed by atoms with Gasteiger partial charge in [0.05, 0.1) is 23.9 Å². The second-order valence-electron chi connectivity index (χ2n) is 4.45. The van der Waals surface area contributed by atoms with Gasteiger partial charge in [0.15, 0.2) is 5.82 Å². The molecular weight excluding hydrogens is 297 g/mol. The van der Waals surface area contributed by atoms with Crippen LogP contribution in [-0.2, 0) is 0 Å². The van der Waals surface area contributed by atoms with Gasteiger partial charge < -0.3 is 14.8 Å². The van der Waals surface area contributed by atoms with E-state index in [2.05, 4.69) is 15.3 Å². The molecule has 2 rings (SSSR count). The predicted molar refractivity (Wildman–Crippen MR) is 79.0 cm³/mol. The lowest BCUT2D eigenvalue weighted by Gasteiger charge is -2.15. The van der Waals surface area contributed by atoms with Crippen molar-refractivity contribution in [1.29, 1.82) is 0 Å². The van der Waals surface area contributed by atoms with Crippen LogP contribution < -0.4 is 14.8 Å². The van der Waals surface area contributed by atoms with Crippen LogP contribution in [-0.4, -0.2) is 23.2 Å². The van der Waals surface area contributed by atoms with Gasteiger partial charge >= 0.3 is 0 Å². The summed E-state index contributed by atoms with van der Waals surface area (Å²) in [4.78, 5) is 8.05. The summed E-state index contributed by atoms with van der Waals surface area (Å²) < 4.78 is 24.6. The summed E-state index contributed by atoms with van der Waals surface area (Å²) in [5, 5.41) is 3.05. The smallest absolute Gasteiger partial charge is 0.262 e. The molecule has 0 aliphatic carbocycles. The van der Waals surface area contributed by atoms with Crippen LogP contribution in [0, 0.1) is 5.82 Å². The fraction of sp³-hybridized carbons (Fsp3) is 0.286. The van der Waals surface area contributed by atoms with E-state index in [1.54, 1.807) is 6.07 Å². The molecule has 21 heavy (non-hydrogen) atoms. The highest BCUT2D eigenvalue weighted by Gasteiger charge is 2.17. The Morgan fingerprint density at radius 3 is 2.67 bits per heavy atom. The molecule has 0 unspecified atom stereocenters. The third-order valence-electron chi connectivity index (χ3n) is 2.53. The average Bonchev–Trinajstić information content (AvgIpc) is 2.42. The molecule has 0 aliphatic rings. The van der Waals surface area contributed by atoms with Crippen LogP contribution in [0.4, 0.5) is 15.9 Å². The molecule has 0 amide bonds. The molecule has 2 aromatic rings. The molecule has 0 radical (unpaired) electrons. The Morgan fingerprint density at radius 1 is 1.29 bits per heavy atom. The molecule has 1 N–H and O–H groups in total. The predicted octanol–water partition coefficient (Wildman–Crippen LogP) is 3.81. The molecule has 0 fully saturated rings. The lowest BCUT2D eigenvalue weighted by molar-refractivity contribution is 0.220. The van der Waals surface area contributed by atoms with Gasteiger partial charge in [-0.1, -0.05) is 17.7 Å². The normalized spacial score (nSPS) is 10.6. The van der Waals surface area contributed by atoms with Crippen LogP contribution in [0.3, 0.4) is 0 Å². The van der Waals surface area contributed by atoms with E-state index >= 15 is 0 Å².